The van der Waals surface area contributed by atoms with E-state index in [0.717, 1.165) is 0 Å². The smallest absolute Gasteiger partial charge is 0.183 e. The van der Waals surface area contributed by atoms with Crippen molar-refractivity contribution >= 4 is 5.78 Å². The number of aromatic hydroxyl groups is 1. The summed E-state index contributed by atoms with van der Waals surface area (Å²) in [5.41, 5.74) is 5.61. The summed E-state index contributed by atoms with van der Waals surface area (Å²) in [6, 6.07) is -0.814. The predicted molar refractivity (Wildman–Crippen MR) is 62.1 cm³/mol. The van der Waals surface area contributed by atoms with Crippen molar-refractivity contribution < 1.29 is 19.0 Å². The Morgan fingerprint density at radius 2 is 1.94 bits per heavy atom. The van der Waals surface area contributed by atoms with E-state index in [1.165, 1.54) is 27.9 Å². The largest absolute Gasteiger partial charge is 0.504 e. The van der Waals surface area contributed by atoms with E-state index in [9.17, 15) is 14.3 Å². The Hall–Kier alpha value is -1.62. The van der Waals surface area contributed by atoms with Crippen LogP contribution >= 0.6 is 0 Å². The highest BCUT2D eigenvalue weighted by atomic mass is 19.1. The molecule has 0 aliphatic heterocycles. The van der Waals surface area contributed by atoms with Crippen LogP contribution in [0.1, 0.15) is 28.4 Å². The average molecular weight is 241 g/mol. The molecule has 0 spiro atoms. The first-order valence-electron chi connectivity index (χ1n) is 5.18. The molecule has 0 amide bonds. The first-order chi connectivity index (χ1) is 7.82. The van der Waals surface area contributed by atoms with Gasteiger partial charge in [-0.05, 0) is 26.3 Å². The maximum absolute atomic E-state index is 13.9. The Morgan fingerprint density at radius 3 is 2.35 bits per heavy atom. The summed E-state index contributed by atoms with van der Waals surface area (Å²) in [5, 5.41) is 9.93. The quantitative estimate of drug-likeness (QED) is 0.790. The molecule has 5 heteroatoms. The van der Waals surface area contributed by atoms with E-state index < -0.39 is 17.6 Å². The number of carbonyl (C=O) groups excluding carboxylic acids is 1. The summed E-state index contributed by atoms with van der Waals surface area (Å²) in [6.45, 7) is 4.38. The van der Waals surface area contributed by atoms with Crippen LogP contribution in [0.25, 0.3) is 0 Å². The van der Waals surface area contributed by atoms with Gasteiger partial charge in [-0.1, -0.05) is 0 Å². The van der Waals surface area contributed by atoms with Crippen molar-refractivity contribution in [1.29, 1.82) is 0 Å². The Morgan fingerprint density at radius 1 is 1.41 bits per heavy atom. The number of methoxy groups -OCH3 is 1. The molecular weight excluding hydrogens is 225 g/mol. The van der Waals surface area contributed by atoms with Gasteiger partial charge in [0.05, 0.1) is 18.7 Å². The Labute approximate surface area is 99.2 Å². The van der Waals surface area contributed by atoms with Crippen LogP contribution in [0.3, 0.4) is 0 Å². The fraction of sp³-hybridized carbons (Fsp3) is 0.417. The Balaban J connectivity index is 3.61. The minimum absolute atomic E-state index is 0.0305. The third-order valence-electron chi connectivity index (χ3n) is 2.69. The molecule has 17 heavy (non-hydrogen) atoms. The van der Waals surface area contributed by atoms with Crippen LogP contribution in [0, 0.1) is 19.7 Å². The van der Waals surface area contributed by atoms with Crippen LogP contribution in [0.15, 0.2) is 0 Å². The minimum Gasteiger partial charge on any atom is -0.504 e. The number of hydrogen-bond donors (Lipinski definition) is 2. The standard InChI is InChI=1S/C12H16FNO3/c1-5-8(10(15)7(3)14)11(16)12(17-4)6(2)9(5)13/h7,16H,14H2,1-4H3. The number of nitrogens with two attached hydrogens (primary N) is 1. The number of rotatable bonds is 3. The summed E-state index contributed by atoms with van der Waals surface area (Å²) in [7, 11) is 1.30. The van der Waals surface area contributed by atoms with Gasteiger partial charge in [-0.25, -0.2) is 4.39 Å². The summed E-state index contributed by atoms with van der Waals surface area (Å²) in [4.78, 5) is 11.8. The number of carbonyl (C=O) groups is 1. The minimum atomic E-state index is -0.814. The normalized spacial score (nSPS) is 12.4. The second-order valence-electron chi connectivity index (χ2n) is 3.97. The summed E-state index contributed by atoms with van der Waals surface area (Å²) in [6.07, 6.45) is 0. The molecule has 0 heterocycles. The SMILES string of the molecule is COc1c(C)c(F)c(C)c(C(=O)C(C)N)c1O. The summed E-state index contributed by atoms with van der Waals surface area (Å²) in [5.74, 6) is -1.47. The molecule has 1 atom stereocenters. The molecule has 94 valence electrons. The lowest BCUT2D eigenvalue weighted by molar-refractivity contribution is 0.0963. The Kier molecular flexibility index (Phi) is 3.72. The monoisotopic (exact) mass is 241 g/mol. The molecule has 1 rings (SSSR count). The number of halogens is 1. The highest BCUT2D eigenvalue weighted by Crippen LogP contribution is 2.38. The van der Waals surface area contributed by atoms with Crippen molar-refractivity contribution in [3.05, 3.63) is 22.5 Å². The highest BCUT2D eigenvalue weighted by molar-refractivity contribution is 6.04. The zero-order valence-corrected chi connectivity index (χ0v) is 10.3. The van der Waals surface area contributed by atoms with Crippen LogP contribution in [-0.4, -0.2) is 24.0 Å². The molecule has 0 saturated carbocycles. The molecule has 0 radical (unpaired) electrons. The maximum Gasteiger partial charge on any atom is 0.183 e. The van der Waals surface area contributed by atoms with E-state index in [-0.39, 0.29) is 28.2 Å². The second kappa shape index (κ2) is 4.71. The van der Waals surface area contributed by atoms with Gasteiger partial charge in [0.1, 0.15) is 5.82 Å². The fourth-order valence-electron chi connectivity index (χ4n) is 1.74. The van der Waals surface area contributed by atoms with Crippen LogP contribution in [0.2, 0.25) is 0 Å². The second-order valence-corrected chi connectivity index (χ2v) is 3.97. The van der Waals surface area contributed by atoms with Crippen molar-refractivity contribution in [3.8, 4) is 11.5 Å². The van der Waals surface area contributed by atoms with Crippen molar-refractivity contribution in [3.63, 3.8) is 0 Å². The van der Waals surface area contributed by atoms with Gasteiger partial charge in [0.15, 0.2) is 17.3 Å². The van der Waals surface area contributed by atoms with Gasteiger partial charge in [0, 0.05) is 5.56 Å². The molecule has 1 unspecified atom stereocenters. The molecule has 1 aromatic carbocycles. The number of ether oxygens (including phenoxy) is 1. The van der Waals surface area contributed by atoms with Crippen molar-refractivity contribution in [2.24, 2.45) is 5.73 Å². The zero-order chi connectivity index (χ0) is 13.3. The van der Waals surface area contributed by atoms with Crippen LogP contribution < -0.4 is 10.5 Å². The maximum atomic E-state index is 13.9. The van der Waals surface area contributed by atoms with E-state index in [1.54, 1.807) is 0 Å². The van der Waals surface area contributed by atoms with Gasteiger partial charge >= 0.3 is 0 Å². The van der Waals surface area contributed by atoms with E-state index >= 15 is 0 Å². The lowest BCUT2D eigenvalue weighted by atomic mass is 9.96. The third-order valence-corrected chi connectivity index (χ3v) is 2.69. The van der Waals surface area contributed by atoms with Crippen LogP contribution in [0.5, 0.6) is 11.5 Å². The molecule has 4 nitrogen and oxygen atoms in total. The van der Waals surface area contributed by atoms with E-state index in [2.05, 4.69) is 0 Å². The van der Waals surface area contributed by atoms with Gasteiger partial charge in [-0.15, -0.1) is 0 Å². The van der Waals surface area contributed by atoms with Crippen molar-refractivity contribution in [2.75, 3.05) is 7.11 Å². The molecule has 0 saturated heterocycles. The van der Waals surface area contributed by atoms with E-state index in [0.29, 0.717) is 0 Å². The lowest BCUT2D eigenvalue weighted by Crippen LogP contribution is -2.27. The van der Waals surface area contributed by atoms with Gasteiger partial charge < -0.3 is 15.6 Å². The predicted octanol–water partition coefficient (Wildman–Crippen LogP) is 1.69. The average Bonchev–Trinajstić information content (AvgIpc) is 2.27. The third kappa shape index (κ3) is 2.10. The van der Waals surface area contributed by atoms with E-state index in [1.807, 2.05) is 0 Å². The molecule has 0 aliphatic rings. The van der Waals surface area contributed by atoms with Gasteiger partial charge in [-0.3, -0.25) is 4.79 Å². The number of Topliss-reactive ketones (excluding diaryl/α,β-unsaturated/α-hetero) is 1. The molecule has 0 fully saturated rings. The molecule has 0 bridgehead atoms. The summed E-state index contributed by atoms with van der Waals surface area (Å²) < 4.78 is 18.8. The number of benzene rings is 1. The van der Waals surface area contributed by atoms with Gasteiger partial charge in [-0.2, -0.15) is 0 Å². The number of phenolic OH excluding ortho intramolecular Hbond substituents is 1. The zero-order valence-electron chi connectivity index (χ0n) is 10.3. The molecular formula is C12H16FNO3. The van der Waals surface area contributed by atoms with Crippen molar-refractivity contribution in [1.82, 2.24) is 0 Å². The molecule has 0 aliphatic carbocycles. The highest BCUT2D eigenvalue weighted by Gasteiger charge is 2.26. The lowest BCUT2D eigenvalue weighted by Gasteiger charge is -2.16. The van der Waals surface area contributed by atoms with E-state index in [4.69, 9.17) is 10.5 Å². The number of phenols is 1. The summed E-state index contributed by atoms with van der Waals surface area (Å²) >= 11 is 0. The van der Waals surface area contributed by atoms with Crippen LogP contribution in [-0.2, 0) is 0 Å². The first kappa shape index (κ1) is 13.4. The fourth-order valence-corrected chi connectivity index (χ4v) is 1.74. The van der Waals surface area contributed by atoms with Crippen molar-refractivity contribution in [2.45, 2.75) is 26.8 Å². The Bertz CT molecular complexity index is 470. The van der Waals surface area contributed by atoms with Gasteiger partial charge in [0.25, 0.3) is 0 Å². The number of hydrogen-bond acceptors (Lipinski definition) is 4. The van der Waals surface area contributed by atoms with Gasteiger partial charge in [0.2, 0.25) is 0 Å². The van der Waals surface area contributed by atoms with Crippen LogP contribution in [0.4, 0.5) is 4.39 Å². The topological polar surface area (TPSA) is 72.5 Å². The molecule has 0 aromatic heterocycles. The number of ketones is 1. The molecule has 3 N–H and O–H groups in total. The first-order valence-corrected chi connectivity index (χ1v) is 5.18. The molecule has 1 aromatic rings.